The van der Waals surface area contributed by atoms with Crippen molar-refractivity contribution >= 4 is 11.8 Å². The summed E-state index contributed by atoms with van der Waals surface area (Å²) in [5.74, 6) is 0.281. The summed E-state index contributed by atoms with van der Waals surface area (Å²) in [7, 11) is 3.10. The van der Waals surface area contributed by atoms with Crippen LogP contribution >= 0.6 is 0 Å². The average molecular weight is 258 g/mol. The third-order valence-electron chi connectivity index (χ3n) is 2.56. The third kappa shape index (κ3) is 3.25. The van der Waals surface area contributed by atoms with E-state index in [9.17, 15) is 4.79 Å². The van der Waals surface area contributed by atoms with Crippen molar-refractivity contribution in [3.8, 4) is 11.4 Å². The van der Waals surface area contributed by atoms with Crippen LogP contribution < -0.4 is 4.90 Å². The Morgan fingerprint density at radius 3 is 2.63 bits per heavy atom. The van der Waals surface area contributed by atoms with Crippen LogP contribution in [0.2, 0.25) is 0 Å². The minimum Gasteiger partial charge on any atom is -0.468 e. The molecule has 0 amide bonds. The van der Waals surface area contributed by atoms with E-state index in [1.807, 2.05) is 24.3 Å². The normalized spacial score (nSPS) is 10.0. The number of aromatic nitrogens is 3. The molecule has 2 aromatic rings. The summed E-state index contributed by atoms with van der Waals surface area (Å²) in [5, 5.41) is 8.17. The maximum atomic E-state index is 11.2. The molecule has 0 unspecified atom stereocenters. The zero-order valence-electron chi connectivity index (χ0n) is 10.8. The van der Waals surface area contributed by atoms with Crippen molar-refractivity contribution in [2.45, 2.75) is 0 Å². The highest BCUT2D eigenvalue weighted by molar-refractivity contribution is 5.75. The smallest absolute Gasteiger partial charge is 0.325 e. The van der Waals surface area contributed by atoms with Gasteiger partial charge in [0.05, 0.1) is 12.8 Å². The molecule has 98 valence electrons. The Morgan fingerprint density at radius 1 is 1.21 bits per heavy atom. The number of hydrogen-bond acceptors (Lipinski definition) is 6. The van der Waals surface area contributed by atoms with Gasteiger partial charge in [-0.25, -0.2) is 0 Å². The molecule has 0 aliphatic heterocycles. The molecular formula is C13H14N4O2. The van der Waals surface area contributed by atoms with Crippen molar-refractivity contribution in [2.24, 2.45) is 0 Å². The van der Waals surface area contributed by atoms with Gasteiger partial charge in [-0.2, -0.15) is 0 Å². The molecule has 0 radical (unpaired) electrons. The first kappa shape index (κ1) is 12.9. The Labute approximate surface area is 111 Å². The van der Waals surface area contributed by atoms with E-state index in [4.69, 9.17) is 0 Å². The fourth-order valence-corrected chi connectivity index (χ4v) is 1.52. The van der Waals surface area contributed by atoms with Crippen molar-refractivity contribution in [2.75, 3.05) is 25.6 Å². The zero-order chi connectivity index (χ0) is 13.7. The first-order valence-electron chi connectivity index (χ1n) is 5.74. The molecule has 6 heteroatoms. The van der Waals surface area contributed by atoms with Crippen LogP contribution in [0.4, 0.5) is 5.82 Å². The minimum absolute atomic E-state index is 0.133. The van der Waals surface area contributed by atoms with E-state index in [1.54, 1.807) is 24.2 Å². The highest BCUT2D eigenvalue weighted by atomic mass is 16.5. The van der Waals surface area contributed by atoms with E-state index in [1.165, 1.54) is 7.11 Å². The summed E-state index contributed by atoms with van der Waals surface area (Å²) in [6.07, 6.45) is 1.70. The number of pyridine rings is 1. The van der Waals surface area contributed by atoms with E-state index >= 15 is 0 Å². The van der Waals surface area contributed by atoms with Gasteiger partial charge in [0.15, 0.2) is 5.82 Å². The summed E-state index contributed by atoms with van der Waals surface area (Å²) in [4.78, 5) is 17.0. The van der Waals surface area contributed by atoms with Crippen molar-refractivity contribution < 1.29 is 9.53 Å². The van der Waals surface area contributed by atoms with Gasteiger partial charge in [-0.3, -0.25) is 9.78 Å². The predicted octanol–water partition coefficient (Wildman–Crippen LogP) is 1.15. The first-order chi connectivity index (χ1) is 9.20. The van der Waals surface area contributed by atoms with Crippen molar-refractivity contribution in [3.05, 3.63) is 36.5 Å². The summed E-state index contributed by atoms with van der Waals surface area (Å²) in [6.45, 7) is 0.133. The highest BCUT2D eigenvalue weighted by Gasteiger charge is 2.09. The Balaban J connectivity index is 2.12. The van der Waals surface area contributed by atoms with Crippen molar-refractivity contribution in [1.82, 2.24) is 15.2 Å². The van der Waals surface area contributed by atoms with Crippen LogP contribution in [0.1, 0.15) is 0 Å². The highest BCUT2D eigenvalue weighted by Crippen LogP contribution is 2.15. The number of hydrogen-bond donors (Lipinski definition) is 0. The third-order valence-corrected chi connectivity index (χ3v) is 2.56. The second kappa shape index (κ2) is 5.90. The van der Waals surface area contributed by atoms with Crippen molar-refractivity contribution in [3.63, 3.8) is 0 Å². The van der Waals surface area contributed by atoms with Gasteiger partial charge in [-0.05, 0) is 24.3 Å². The largest absolute Gasteiger partial charge is 0.468 e. The van der Waals surface area contributed by atoms with Gasteiger partial charge in [-0.15, -0.1) is 10.2 Å². The van der Waals surface area contributed by atoms with Crippen LogP contribution in [0.5, 0.6) is 0 Å². The van der Waals surface area contributed by atoms with Gasteiger partial charge < -0.3 is 9.64 Å². The quantitative estimate of drug-likeness (QED) is 0.766. The molecule has 0 bridgehead atoms. The summed E-state index contributed by atoms with van der Waals surface area (Å²) in [6, 6.07) is 9.21. The molecule has 2 rings (SSSR count). The molecule has 19 heavy (non-hydrogen) atoms. The lowest BCUT2D eigenvalue weighted by Crippen LogP contribution is -2.27. The van der Waals surface area contributed by atoms with E-state index in [-0.39, 0.29) is 12.5 Å². The topological polar surface area (TPSA) is 68.2 Å². The fraction of sp³-hybridized carbons (Fsp3) is 0.231. The number of nitrogens with zero attached hydrogens (tertiary/aromatic N) is 4. The van der Waals surface area contributed by atoms with Gasteiger partial charge in [0.1, 0.15) is 12.2 Å². The van der Waals surface area contributed by atoms with E-state index in [0.717, 1.165) is 5.69 Å². The first-order valence-corrected chi connectivity index (χ1v) is 5.74. The van der Waals surface area contributed by atoms with Crippen LogP contribution in [0.3, 0.4) is 0 Å². The van der Waals surface area contributed by atoms with Crippen LogP contribution in [0, 0.1) is 0 Å². The van der Waals surface area contributed by atoms with Gasteiger partial charge in [-0.1, -0.05) is 6.07 Å². The number of carbonyl (C=O) groups excluding carboxylic acids is 1. The molecule has 0 N–H and O–H groups in total. The molecule has 0 saturated carbocycles. The predicted molar refractivity (Wildman–Crippen MR) is 70.5 cm³/mol. The number of methoxy groups -OCH3 is 1. The van der Waals surface area contributed by atoms with E-state index in [0.29, 0.717) is 11.5 Å². The zero-order valence-corrected chi connectivity index (χ0v) is 10.8. The van der Waals surface area contributed by atoms with Gasteiger partial charge in [0.25, 0.3) is 0 Å². The number of anilines is 1. The molecule has 6 nitrogen and oxygen atoms in total. The van der Waals surface area contributed by atoms with Crippen LogP contribution in [-0.2, 0) is 9.53 Å². The summed E-state index contributed by atoms with van der Waals surface area (Å²) < 4.78 is 4.60. The summed E-state index contributed by atoms with van der Waals surface area (Å²) >= 11 is 0. The molecule has 0 atom stereocenters. The number of likely N-dealkylation sites (N-methyl/N-ethyl adjacent to an activating group) is 1. The Kier molecular flexibility index (Phi) is 4.02. The van der Waals surface area contributed by atoms with Gasteiger partial charge in [0, 0.05) is 13.2 Å². The minimum atomic E-state index is -0.321. The second-order valence-electron chi connectivity index (χ2n) is 3.92. The molecule has 0 aromatic carbocycles. The number of esters is 1. The van der Waals surface area contributed by atoms with Gasteiger partial charge in [0.2, 0.25) is 0 Å². The number of rotatable bonds is 4. The number of ether oxygens (including phenoxy) is 1. The summed E-state index contributed by atoms with van der Waals surface area (Å²) in [5.41, 5.74) is 1.45. The molecule has 0 aliphatic rings. The lowest BCUT2D eigenvalue weighted by atomic mass is 10.2. The molecule has 0 spiro atoms. The molecule has 2 heterocycles. The van der Waals surface area contributed by atoms with Crippen LogP contribution in [-0.4, -0.2) is 41.9 Å². The lowest BCUT2D eigenvalue weighted by molar-refractivity contribution is -0.138. The molecule has 2 aromatic heterocycles. The maximum absolute atomic E-state index is 11.2. The molecular weight excluding hydrogens is 244 g/mol. The maximum Gasteiger partial charge on any atom is 0.325 e. The van der Waals surface area contributed by atoms with Crippen LogP contribution in [0.15, 0.2) is 36.5 Å². The monoisotopic (exact) mass is 258 g/mol. The second-order valence-corrected chi connectivity index (χ2v) is 3.92. The van der Waals surface area contributed by atoms with Crippen molar-refractivity contribution in [1.29, 1.82) is 0 Å². The average Bonchev–Trinajstić information content (AvgIpc) is 2.48. The molecule has 0 fully saturated rings. The molecule has 0 aliphatic carbocycles. The van der Waals surface area contributed by atoms with E-state index < -0.39 is 0 Å². The van der Waals surface area contributed by atoms with Crippen LogP contribution in [0.25, 0.3) is 11.4 Å². The SMILES string of the molecule is COC(=O)CN(C)c1ccc(-c2ccccn2)nn1. The fourth-order valence-electron chi connectivity index (χ4n) is 1.52. The van der Waals surface area contributed by atoms with E-state index in [2.05, 4.69) is 19.9 Å². The Morgan fingerprint density at radius 2 is 2.05 bits per heavy atom. The number of carbonyl (C=O) groups is 1. The lowest BCUT2D eigenvalue weighted by Gasteiger charge is -2.15. The standard InChI is InChI=1S/C13H14N4O2/c1-17(9-13(18)19-2)12-7-6-11(15-16-12)10-5-3-4-8-14-10/h3-8H,9H2,1-2H3. The Hall–Kier alpha value is -2.50. The van der Waals surface area contributed by atoms with Gasteiger partial charge >= 0.3 is 5.97 Å². The molecule has 0 saturated heterocycles. The Bertz CT molecular complexity index is 542.